The Hall–Kier alpha value is -2.42. The number of benzene rings is 3. The minimum atomic E-state index is 0. The van der Waals surface area contributed by atoms with E-state index in [0.717, 1.165) is 12.8 Å². The van der Waals surface area contributed by atoms with Crippen molar-refractivity contribution in [1.29, 1.82) is 0 Å². The lowest BCUT2D eigenvalue weighted by Crippen LogP contribution is -3.00. The maximum absolute atomic E-state index is 2.52. The van der Waals surface area contributed by atoms with Gasteiger partial charge >= 0.3 is 0 Å². The summed E-state index contributed by atoms with van der Waals surface area (Å²) in [5, 5.41) is 0. The number of hydrogen-bond acceptors (Lipinski definition) is 1. The minimum Gasteiger partial charge on any atom is -1.00 e. The lowest BCUT2D eigenvalue weighted by Gasteiger charge is -2.23. The van der Waals surface area contributed by atoms with Gasteiger partial charge in [0.15, 0.2) is 0 Å². The zero-order chi connectivity index (χ0) is 23.5. The molecule has 3 heteroatoms. The number of aromatic nitrogens is 1. The molecule has 0 aliphatic rings. The molecule has 3 aromatic carbocycles. The Morgan fingerprint density at radius 2 is 1.18 bits per heavy atom. The van der Waals surface area contributed by atoms with E-state index in [2.05, 4.69) is 118 Å². The van der Waals surface area contributed by atoms with Gasteiger partial charge in [0.05, 0.1) is 16.0 Å². The summed E-state index contributed by atoms with van der Waals surface area (Å²) in [5.74, 6) is 0.854. The molecule has 1 nitrogen and oxygen atoms in total. The monoisotopic (exact) mass is 489 g/mol. The predicted molar refractivity (Wildman–Crippen MR) is 144 cm³/mol. The standard InChI is InChI=1S/C31H36NS.ClH/c1-7-27-28(8-2)33-20-32(27)31-29(23-15-11-9-12-16-23)25(21(3)4)19-26(22(5)6)30(31)24-17-13-10-14-18-24;/h9-22H,7-8H2,1-6H3;1H/q+1;/p-1. The fourth-order valence-electron chi connectivity index (χ4n) is 4.90. The molecule has 0 atom stereocenters. The highest BCUT2D eigenvalue weighted by Gasteiger charge is 2.32. The molecule has 0 aliphatic carbocycles. The van der Waals surface area contributed by atoms with E-state index in [-0.39, 0.29) is 12.4 Å². The number of hydrogen-bond donors (Lipinski definition) is 0. The Kier molecular flexibility index (Phi) is 8.73. The molecule has 1 aromatic heterocycles. The van der Waals surface area contributed by atoms with Gasteiger partial charge in [-0.2, -0.15) is 4.57 Å². The van der Waals surface area contributed by atoms with E-state index in [9.17, 15) is 0 Å². The van der Waals surface area contributed by atoms with Crippen LogP contribution in [0.5, 0.6) is 0 Å². The summed E-state index contributed by atoms with van der Waals surface area (Å²) >= 11 is 1.89. The first-order chi connectivity index (χ1) is 16.0. The van der Waals surface area contributed by atoms with Crippen LogP contribution in [0, 0.1) is 0 Å². The third-order valence-corrected chi connectivity index (χ3v) is 7.67. The van der Waals surface area contributed by atoms with Crippen molar-refractivity contribution in [3.05, 3.63) is 93.9 Å². The number of thiazole rings is 1. The normalized spacial score (nSPS) is 11.2. The molecular formula is C31H36ClNS. The number of nitrogens with zero attached hydrogens (tertiary/aromatic N) is 1. The van der Waals surface area contributed by atoms with Crippen LogP contribution in [0.1, 0.15) is 75.1 Å². The average Bonchev–Trinajstić information content (AvgIpc) is 3.26. The first kappa shape index (κ1) is 26.2. The summed E-state index contributed by atoms with van der Waals surface area (Å²) < 4.78 is 2.52. The van der Waals surface area contributed by atoms with Crippen molar-refractivity contribution in [1.82, 2.24) is 0 Å². The van der Waals surface area contributed by atoms with E-state index in [1.54, 1.807) is 0 Å². The number of aryl methyl sites for hydroxylation is 1. The molecule has 0 bridgehead atoms. The molecule has 0 fully saturated rings. The molecule has 0 saturated carbocycles. The van der Waals surface area contributed by atoms with Crippen molar-refractivity contribution >= 4 is 11.3 Å². The summed E-state index contributed by atoms with van der Waals surface area (Å²) in [6.07, 6.45) is 2.10. The van der Waals surface area contributed by atoms with Gasteiger partial charge in [0.2, 0.25) is 16.9 Å². The highest BCUT2D eigenvalue weighted by molar-refractivity contribution is 7.09. The van der Waals surface area contributed by atoms with Crippen molar-refractivity contribution in [3.8, 4) is 27.9 Å². The van der Waals surface area contributed by atoms with Crippen LogP contribution in [-0.4, -0.2) is 0 Å². The molecule has 0 amide bonds. The van der Waals surface area contributed by atoms with Crippen LogP contribution >= 0.6 is 11.3 Å². The van der Waals surface area contributed by atoms with E-state index >= 15 is 0 Å². The Morgan fingerprint density at radius 1 is 0.706 bits per heavy atom. The van der Waals surface area contributed by atoms with E-state index in [4.69, 9.17) is 0 Å². The maximum atomic E-state index is 2.52. The lowest BCUT2D eigenvalue weighted by molar-refractivity contribution is -0.597. The Labute approximate surface area is 215 Å². The smallest absolute Gasteiger partial charge is 0.231 e. The highest BCUT2D eigenvalue weighted by atomic mass is 35.5. The van der Waals surface area contributed by atoms with E-state index in [0.29, 0.717) is 11.8 Å². The Balaban J connectivity index is 0.00000324. The summed E-state index contributed by atoms with van der Waals surface area (Å²) in [7, 11) is 0. The molecule has 0 radical (unpaired) electrons. The van der Waals surface area contributed by atoms with Gasteiger partial charge in [0.25, 0.3) is 0 Å². The number of rotatable bonds is 7. The summed E-state index contributed by atoms with van der Waals surface area (Å²) in [6.45, 7) is 13.9. The molecule has 0 spiro atoms. The second-order valence-electron chi connectivity index (χ2n) is 9.37. The SMILES string of the molecule is CCc1sc[n+](-c2c(-c3ccccc3)c(C(C)C)cc(C(C)C)c2-c2ccccc2)c1CC.[Cl-]. The fourth-order valence-corrected chi connectivity index (χ4v) is 5.91. The molecule has 1 heterocycles. The molecule has 0 N–H and O–H groups in total. The van der Waals surface area contributed by atoms with Crippen LogP contribution in [0.25, 0.3) is 27.9 Å². The fraction of sp³-hybridized carbons (Fsp3) is 0.323. The zero-order valence-corrected chi connectivity index (χ0v) is 22.8. The van der Waals surface area contributed by atoms with Crippen molar-refractivity contribution in [2.75, 3.05) is 0 Å². The second-order valence-corrected chi connectivity index (χ2v) is 10.3. The van der Waals surface area contributed by atoms with Crippen LogP contribution in [0.2, 0.25) is 0 Å². The largest absolute Gasteiger partial charge is 1.00 e. The Morgan fingerprint density at radius 3 is 1.56 bits per heavy atom. The van der Waals surface area contributed by atoms with Crippen LogP contribution in [0.3, 0.4) is 0 Å². The first-order valence-electron chi connectivity index (χ1n) is 12.3. The quantitative estimate of drug-likeness (QED) is 0.292. The molecule has 34 heavy (non-hydrogen) atoms. The van der Waals surface area contributed by atoms with Crippen molar-refractivity contribution in [2.24, 2.45) is 0 Å². The van der Waals surface area contributed by atoms with Gasteiger partial charge in [0.1, 0.15) is 0 Å². The average molecular weight is 490 g/mol. The van der Waals surface area contributed by atoms with Crippen molar-refractivity contribution in [3.63, 3.8) is 0 Å². The predicted octanol–water partition coefficient (Wildman–Crippen LogP) is 5.73. The van der Waals surface area contributed by atoms with Gasteiger partial charge in [-0.1, -0.05) is 120 Å². The minimum absolute atomic E-state index is 0. The van der Waals surface area contributed by atoms with Gasteiger partial charge in [-0.15, -0.1) is 0 Å². The van der Waals surface area contributed by atoms with Gasteiger partial charge in [-0.25, -0.2) is 0 Å². The molecule has 4 aromatic rings. The van der Waals surface area contributed by atoms with Gasteiger partial charge < -0.3 is 12.4 Å². The molecule has 0 unspecified atom stereocenters. The van der Waals surface area contributed by atoms with Gasteiger partial charge in [-0.3, -0.25) is 0 Å². The molecule has 178 valence electrons. The van der Waals surface area contributed by atoms with Crippen LogP contribution in [-0.2, 0) is 12.8 Å². The van der Waals surface area contributed by atoms with Crippen LogP contribution in [0.15, 0.2) is 72.2 Å². The van der Waals surface area contributed by atoms with E-state index < -0.39 is 0 Å². The van der Waals surface area contributed by atoms with Crippen molar-refractivity contribution in [2.45, 2.75) is 66.2 Å². The third kappa shape index (κ3) is 4.85. The van der Waals surface area contributed by atoms with Crippen LogP contribution in [0.4, 0.5) is 0 Å². The molecule has 4 rings (SSSR count). The van der Waals surface area contributed by atoms with Crippen LogP contribution < -0.4 is 17.0 Å². The van der Waals surface area contributed by atoms with E-state index in [1.807, 2.05) is 11.3 Å². The molecule has 0 aliphatic heterocycles. The third-order valence-electron chi connectivity index (χ3n) is 6.54. The second kappa shape index (κ2) is 11.3. The Bertz CT molecular complexity index is 1150. The molecular weight excluding hydrogens is 454 g/mol. The first-order valence-corrected chi connectivity index (χ1v) is 13.2. The summed E-state index contributed by atoms with van der Waals surface area (Å²) in [5.41, 5.74) is 13.3. The summed E-state index contributed by atoms with van der Waals surface area (Å²) in [6, 6.07) is 24.5. The van der Waals surface area contributed by atoms with Crippen molar-refractivity contribution < 1.29 is 17.0 Å². The lowest BCUT2D eigenvalue weighted by atomic mass is 9.81. The van der Waals surface area contributed by atoms with Gasteiger partial charge in [0, 0.05) is 6.42 Å². The summed E-state index contributed by atoms with van der Waals surface area (Å²) in [4.78, 5) is 1.48. The maximum Gasteiger partial charge on any atom is 0.231 e. The topological polar surface area (TPSA) is 3.88 Å². The number of halogens is 1. The van der Waals surface area contributed by atoms with Gasteiger partial charge in [-0.05, 0) is 40.5 Å². The highest BCUT2D eigenvalue weighted by Crippen LogP contribution is 2.43. The zero-order valence-electron chi connectivity index (χ0n) is 21.2. The van der Waals surface area contributed by atoms with E-state index in [1.165, 1.54) is 49.6 Å². The molecule has 0 saturated heterocycles.